The number of anilines is 2. The Balaban J connectivity index is 1.57. The minimum atomic E-state index is 0.340. The number of rotatable bonds is 6. The van der Waals surface area contributed by atoms with Gasteiger partial charge in [0.05, 0.1) is 0 Å². The highest BCUT2D eigenvalue weighted by atomic mass is 15.1. The number of fused-ring (bicyclic) bond motifs is 5. The van der Waals surface area contributed by atoms with Crippen LogP contribution < -0.4 is 4.90 Å². The van der Waals surface area contributed by atoms with Crippen molar-refractivity contribution in [2.45, 2.75) is 50.9 Å². The van der Waals surface area contributed by atoms with Crippen LogP contribution in [0.15, 0.2) is 104 Å². The van der Waals surface area contributed by atoms with E-state index in [1.54, 1.807) is 11.1 Å². The number of aryl methyl sites for hydroxylation is 1. The molecule has 0 radical (unpaired) electrons. The Bertz CT molecular complexity index is 1260. The van der Waals surface area contributed by atoms with E-state index in [-0.39, 0.29) is 0 Å². The molecule has 5 rings (SSSR count). The van der Waals surface area contributed by atoms with E-state index in [0.29, 0.717) is 10.8 Å². The molecule has 0 N–H and O–H groups in total. The fraction of sp³-hybridized carbons (Fsp3) is 0.250. The smallest absolute Gasteiger partial charge is 0.0464 e. The summed E-state index contributed by atoms with van der Waals surface area (Å²) in [5.74, 6) is 0. The first-order valence-corrected chi connectivity index (χ1v) is 11.9. The Labute approximate surface area is 198 Å². The third kappa shape index (κ3) is 3.47. The van der Waals surface area contributed by atoms with Crippen molar-refractivity contribution in [2.75, 3.05) is 4.90 Å². The van der Waals surface area contributed by atoms with Crippen LogP contribution in [-0.2, 0) is 10.8 Å². The van der Waals surface area contributed by atoms with E-state index >= 15 is 0 Å². The Morgan fingerprint density at radius 3 is 2.24 bits per heavy atom. The van der Waals surface area contributed by atoms with Crippen LogP contribution in [0, 0.1) is 6.92 Å². The second-order valence-corrected chi connectivity index (χ2v) is 10.3. The molecule has 1 fully saturated rings. The van der Waals surface area contributed by atoms with Gasteiger partial charge in [-0.25, -0.2) is 0 Å². The summed E-state index contributed by atoms with van der Waals surface area (Å²) < 4.78 is 0. The summed E-state index contributed by atoms with van der Waals surface area (Å²) in [4.78, 5) is 2.23. The number of hydrogen-bond donors (Lipinski definition) is 0. The normalized spacial score (nSPS) is 23.3. The van der Waals surface area contributed by atoms with Crippen molar-refractivity contribution in [3.63, 3.8) is 0 Å². The molecule has 0 aliphatic heterocycles. The molecule has 0 saturated heterocycles. The van der Waals surface area contributed by atoms with Crippen molar-refractivity contribution in [1.29, 1.82) is 0 Å². The summed E-state index contributed by atoms with van der Waals surface area (Å²) in [6, 6.07) is 24.4. The Hall–Kier alpha value is -3.32. The van der Waals surface area contributed by atoms with Gasteiger partial charge in [-0.3, -0.25) is 0 Å². The molecule has 33 heavy (non-hydrogen) atoms. The van der Waals surface area contributed by atoms with Gasteiger partial charge in [0, 0.05) is 17.1 Å². The molecular weight excluding hydrogens is 398 g/mol. The summed E-state index contributed by atoms with van der Waals surface area (Å²) in [7, 11) is 0. The molecule has 2 aliphatic rings. The lowest BCUT2D eigenvalue weighted by Crippen LogP contribution is -2.18. The summed E-state index contributed by atoms with van der Waals surface area (Å²) in [6.07, 6.45) is 9.62. The van der Waals surface area contributed by atoms with Gasteiger partial charge in [0.15, 0.2) is 0 Å². The number of hydrogen-bond acceptors (Lipinski definition) is 1. The van der Waals surface area contributed by atoms with E-state index in [1.807, 2.05) is 24.3 Å². The van der Waals surface area contributed by atoms with Crippen LogP contribution >= 0.6 is 0 Å². The highest BCUT2D eigenvalue weighted by Crippen LogP contribution is 2.60. The monoisotopic (exact) mass is 431 g/mol. The molecule has 1 saturated carbocycles. The number of nitrogens with zero attached hydrogens (tertiary/aromatic N) is 1. The van der Waals surface area contributed by atoms with E-state index in [1.165, 1.54) is 36.0 Å². The zero-order valence-electron chi connectivity index (χ0n) is 20.1. The molecule has 0 heterocycles. The van der Waals surface area contributed by atoms with Crippen LogP contribution in [-0.4, -0.2) is 0 Å². The van der Waals surface area contributed by atoms with Gasteiger partial charge < -0.3 is 4.90 Å². The zero-order chi connectivity index (χ0) is 23.2. The van der Waals surface area contributed by atoms with Crippen LogP contribution in [0.2, 0.25) is 0 Å². The van der Waals surface area contributed by atoms with Gasteiger partial charge in [-0.05, 0) is 101 Å². The van der Waals surface area contributed by atoms with E-state index in [0.717, 1.165) is 17.1 Å². The fourth-order valence-corrected chi connectivity index (χ4v) is 6.28. The van der Waals surface area contributed by atoms with Crippen LogP contribution in [0.4, 0.5) is 11.4 Å². The van der Waals surface area contributed by atoms with Crippen molar-refractivity contribution >= 4 is 11.4 Å². The van der Waals surface area contributed by atoms with E-state index in [4.69, 9.17) is 0 Å². The quantitative estimate of drug-likeness (QED) is 0.353. The van der Waals surface area contributed by atoms with Crippen LogP contribution in [0.25, 0.3) is 11.1 Å². The molecule has 166 valence electrons. The first-order chi connectivity index (χ1) is 15.9. The van der Waals surface area contributed by atoms with E-state index in [2.05, 4.69) is 99.5 Å². The van der Waals surface area contributed by atoms with Crippen molar-refractivity contribution in [2.24, 2.45) is 0 Å². The third-order valence-corrected chi connectivity index (χ3v) is 7.88. The van der Waals surface area contributed by atoms with Crippen molar-refractivity contribution in [3.8, 4) is 11.1 Å². The van der Waals surface area contributed by atoms with Crippen molar-refractivity contribution in [3.05, 3.63) is 121 Å². The Morgan fingerprint density at radius 1 is 0.848 bits per heavy atom. The van der Waals surface area contributed by atoms with Crippen LogP contribution in [0.3, 0.4) is 0 Å². The van der Waals surface area contributed by atoms with Crippen LogP contribution in [0.5, 0.6) is 0 Å². The van der Waals surface area contributed by atoms with Gasteiger partial charge in [-0.2, -0.15) is 0 Å². The molecule has 3 aromatic carbocycles. The number of benzene rings is 3. The SMILES string of the molecule is C=C/C=C(\C=C)N(c1ccccc1)c1ccc(-c2ccc3c(c2)C2(C)CCC3(C)C2)c(C)c1. The zero-order valence-corrected chi connectivity index (χ0v) is 20.1. The predicted molar refractivity (Wildman–Crippen MR) is 142 cm³/mol. The maximum atomic E-state index is 4.05. The van der Waals surface area contributed by atoms with Gasteiger partial charge in [0.2, 0.25) is 0 Å². The van der Waals surface area contributed by atoms with Gasteiger partial charge >= 0.3 is 0 Å². The molecule has 1 heteroatoms. The van der Waals surface area contributed by atoms with Gasteiger partial charge in [0.25, 0.3) is 0 Å². The second-order valence-electron chi connectivity index (χ2n) is 10.3. The molecule has 1 nitrogen and oxygen atoms in total. The van der Waals surface area contributed by atoms with Crippen molar-refractivity contribution in [1.82, 2.24) is 0 Å². The molecule has 2 atom stereocenters. The molecule has 2 bridgehead atoms. The standard InChI is InChI=1S/C32H33N/c1-6-11-25(7-2)33(26-12-9-8-10-13-26)27-15-16-28(23(3)20-27)24-14-17-29-30(21-24)32(5)19-18-31(29,4)22-32/h6-17,20-21H,1-2,18-19,22H2,3-5H3/b25-11+. The number of allylic oxidation sites excluding steroid dienone is 3. The fourth-order valence-electron chi connectivity index (χ4n) is 6.28. The summed E-state index contributed by atoms with van der Waals surface area (Å²) in [6.45, 7) is 15.1. The lowest BCUT2D eigenvalue weighted by Gasteiger charge is -2.28. The van der Waals surface area contributed by atoms with E-state index in [9.17, 15) is 0 Å². The third-order valence-electron chi connectivity index (χ3n) is 7.88. The maximum Gasteiger partial charge on any atom is 0.0464 e. The molecular formula is C32H33N. The molecule has 0 amide bonds. The van der Waals surface area contributed by atoms with Gasteiger partial charge in [-0.1, -0.05) is 75.5 Å². The first kappa shape index (κ1) is 21.5. The average Bonchev–Trinajstić information content (AvgIpc) is 3.26. The molecule has 2 unspecified atom stereocenters. The second kappa shape index (κ2) is 7.92. The summed E-state index contributed by atoms with van der Waals surface area (Å²) in [5, 5.41) is 0. The van der Waals surface area contributed by atoms with Crippen molar-refractivity contribution < 1.29 is 0 Å². The van der Waals surface area contributed by atoms with E-state index < -0.39 is 0 Å². The first-order valence-electron chi connectivity index (χ1n) is 11.9. The minimum Gasteiger partial charge on any atom is -0.311 e. The highest BCUT2D eigenvalue weighted by Gasteiger charge is 2.52. The lowest BCUT2D eigenvalue weighted by molar-refractivity contribution is 0.484. The highest BCUT2D eigenvalue weighted by molar-refractivity contribution is 5.77. The predicted octanol–water partition coefficient (Wildman–Crippen LogP) is 8.77. The van der Waals surface area contributed by atoms with Gasteiger partial charge in [0.1, 0.15) is 0 Å². The topological polar surface area (TPSA) is 3.24 Å². The molecule has 0 spiro atoms. The Morgan fingerprint density at radius 2 is 1.58 bits per heavy atom. The minimum absolute atomic E-state index is 0.340. The molecule has 0 aromatic heterocycles. The summed E-state index contributed by atoms with van der Waals surface area (Å²) in [5.41, 5.74) is 11.0. The maximum absolute atomic E-state index is 4.05. The lowest BCUT2D eigenvalue weighted by atomic mass is 9.77. The largest absolute Gasteiger partial charge is 0.311 e. The molecule has 2 aliphatic carbocycles. The Kier molecular flexibility index (Phi) is 5.16. The number of para-hydroxylation sites is 1. The molecule has 3 aromatic rings. The van der Waals surface area contributed by atoms with Gasteiger partial charge in [-0.15, -0.1) is 0 Å². The average molecular weight is 432 g/mol. The van der Waals surface area contributed by atoms with Crippen LogP contribution in [0.1, 0.15) is 49.8 Å². The summed E-state index contributed by atoms with van der Waals surface area (Å²) >= 11 is 0.